The van der Waals surface area contributed by atoms with Gasteiger partial charge in [-0.05, 0) is 129 Å². The molecule has 8 aromatic carbocycles. The van der Waals surface area contributed by atoms with E-state index in [-0.39, 0.29) is 11.5 Å². The highest BCUT2D eigenvalue weighted by molar-refractivity contribution is 6.06. The Morgan fingerprint density at radius 3 is 1.69 bits per heavy atom. The van der Waals surface area contributed by atoms with Gasteiger partial charge in [0.25, 0.3) is 0 Å². The van der Waals surface area contributed by atoms with E-state index in [0.29, 0.717) is 0 Å². The summed E-state index contributed by atoms with van der Waals surface area (Å²) in [5.74, 6) is 0. The van der Waals surface area contributed by atoms with Crippen molar-refractivity contribution in [3.63, 3.8) is 0 Å². The molecule has 9 aromatic rings. The molecule has 0 saturated heterocycles. The molecular formula is C65H52N2. The second kappa shape index (κ2) is 16.8. The Morgan fingerprint density at radius 1 is 0.507 bits per heavy atom. The molecule has 12 rings (SSSR count). The van der Waals surface area contributed by atoms with Crippen molar-refractivity contribution in [2.45, 2.75) is 44.6 Å². The molecule has 3 aliphatic carbocycles. The molecule has 0 radical (unpaired) electrons. The Morgan fingerprint density at radius 2 is 1.06 bits per heavy atom. The van der Waals surface area contributed by atoms with Crippen molar-refractivity contribution in [1.29, 1.82) is 0 Å². The van der Waals surface area contributed by atoms with Crippen LogP contribution in [-0.4, -0.2) is 4.57 Å². The van der Waals surface area contributed by atoms with Gasteiger partial charge in [-0.1, -0.05) is 208 Å². The first-order chi connectivity index (χ1) is 33.0. The normalized spacial score (nSPS) is 15.9. The summed E-state index contributed by atoms with van der Waals surface area (Å²) in [6.07, 6.45) is 15.0. The lowest BCUT2D eigenvalue weighted by Crippen LogP contribution is -2.18. The van der Waals surface area contributed by atoms with Gasteiger partial charge in [-0.25, -0.2) is 0 Å². The molecule has 1 heterocycles. The minimum Gasteiger partial charge on any atom is -0.333 e. The van der Waals surface area contributed by atoms with Crippen molar-refractivity contribution in [2.75, 3.05) is 4.90 Å². The van der Waals surface area contributed by atoms with Crippen LogP contribution >= 0.6 is 0 Å². The maximum atomic E-state index is 2.59. The molecule has 0 spiro atoms. The number of hydrogen-bond donors (Lipinski definition) is 0. The predicted molar refractivity (Wildman–Crippen MR) is 284 cm³/mol. The zero-order valence-electron chi connectivity index (χ0n) is 38.1. The third kappa shape index (κ3) is 7.21. The third-order valence-electron chi connectivity index (χ3n) is 14.5. The van der Waals surface area contributed by atoms with Crippen LogP contribution in [0, 0.1) is 0 Å². The highest BCUT2D eigenvalue weighted by Crippen LogP contribution is 2.52. The quantitative estimate of drug-likeness (QED) is 0.140. The number of rotatable bonds is 9. The average Bonchev–Trinajstić information content (AvgIpc) is 3.86. The first-order valence-corrected chi connectivity index (χ1v) is 23.8. The molecule has 67 heavy (non-hydrogen) atoms. The van der Waals surface area contributed by atoms with Gasteiger partial charge in [-0.15, -0.1) is 0 Å². The summed E-state index contributed by atoms with van der Waals surface area (Å²) < 4.78 is 2.59. The molecule has 0 bridgehead atoms. The van der Waals surface area contributed by atoms with E-state index in [4.69, 9.17) is 0 Å². The fourth-order valence-corrected chi connectivity index (χ4v) is 11.1. The highest BCUT2D eigenvalue weighted by Gasteiger charge is 2.38. The van der Waals surface area contributed by atoms with E-state index >= 15 is 0 Å². The maximum Gasteiger partial charge on any atom is 0.0576 e. The number of anilines is 3. The first-order valence-electron chi connectivity index (χ1n) is 23.8. The van der Waals surface area contributed by atoms with Gasteiger partial charge in [0.05, 0.1) is 11.7 Å². The SMILES string of the molecule is CC1(C)C2=C(C=CCC2)c2ccc(N(c3ccc(-c4ccccc4)cc3)c3ccc(-c4ccc5c(c4)c(-c4ccccc4)c(-c4ccccc4)n5C4C=CC(c5ccccc5)=CC4)cc3)cc21. The molecule has 1 atom stereocenters. The molecule has 322 valence electrons. The molecule has 2 nitrogen and oxygen atoms in total. The second-order valence-corrected chi connectivity index (χ2v) is 18.7. The summed E-state index contributed by atoms with van der Waals surface area (Å²) in [7, 11) is 0. The van der Waals surface area contributed by atoms with E-state index in [1.807, 2.05) is 0 Å². The monoisotopic (exact) mass is 860 g/mol. The minimum absolute atomic E-state index is 0.0240. The van der Waals surface area contributed by atoms with Gasteiger partial charge in [0.15, 0.2) is 0 Å². The van der Waals surface area contributed by atoms with Crippen molar-refractivity contribution in [3.05, 3.63) is 259 Å². The molecule has 1 aromatic heterocycles. The van der Waals surface area contributed by atoms with Gasteiger partial charge >= 0.3 is 0 Å². The predicted octanol–water partition coefficient (Wildman–Crippen LogP) is 17.8. The molecular weight excluding hydrogens is 809 g/mol. The summed E-state index contributed by atoms with van der Waals surface area (Å²) in [6, 6.07) is 76.0. The van der Waals surface area contributed by atoms with E-state index in [1.165, 1.54) is 89.1 Å². The summed E-state index contributed by atoms with van der Waals surface area (Å²) >= 11 is 0. The summed E-state index contributed by atoms with van der Waals surface area (Å²) in [6.45, 7) is 4.82. The Hall–Kier alpha value is -7.94. The molecule has 0 saturated carbocycles. The van der Waals surface area contributed by atoms with E-state index in [1.54, 1.807) is 5.57 Å². The van der Waals surface area contributed by atoms with Crippen molar-refractivity contribution < 1.29 is 0 Å². The zero-order chi connectivity index (χ0) is 44.9. The van der Waals surface area contributed by atoms with Gasteiger partial charge in [0.2, 0.25) is 0 Å². The van der Waals surface area contributed by atoms with Crippen molar-refractivity contribution >= 4 is 39.1 Å². The van der Waals surface area contributed by atoms with Crippen LogP contribution in [-0.2, 0) is 5.41 Å². The lowest BCUT2D eigenvalue weighted by Gasteiger charge is -2.29. The Labute approximate surface area is 394 Å². The minimum atomic E-state index is -0.0240. The van der Waals surface area contributed by atoms with Crippen LogP contribution in [0.2, 0.25) is 0 Å². The largest absolute Gasteiger partial charge is 0.333 e. The van der Waals surface area contributed by atoms with E-state index in [9.17, 15) is 0 Å². The van der Waals surface area contributed by atoms with Crippen LogP contribution in [0.5, 0.6) is 0 Å². The van der Waals surface area contributed by atoms with Crippen LogP contribution in [0.25, 0.3) is 66.7 Å². The Balaban J connectivity index is 0.964. The fourth-order valence-electron chi connectivity index (χ4n) is 11.1. The van der Waals surface area contributed by atoms with E-state index in [0.717, 1.165) is 30.6 Å². The lowest BCUT2D eigenvalue weighted by molar-refractivity contribution is 0.607. The molecule has 0 fully saturated rings. The first kappa shape index (κ1) is 40.6. The molecule has 0 N–H and O–H groups in total. The van der Waals surface area contributed by atoms with Crippen LogP contribution in [0.15, 0.2) is 242 Å². The number of aromatic nitrogens is 1. The lowest BCUT2D eigenvalue weighted by atomic mass is 9.78. The molecule has 0 amide bonds. The molecule has 0 aliphatic heterocycles. The number of benzene rings is 8. The molecule has 2 heteroatoms. The van der Waals surface area contributed by atoms with Gasteiger partial charge in [0, 0.05) is 38.9 Å². The van der Waals surface area contributed by atoms with E-state index < -0.39 is 0 Å². The van der Waals surface area contributed by atoms with Gasteiger partial charge in [0.1, 0.15) is 0 Å². The molecule has 1 unspecified atom stereocenters. The number of allylic oxidation sites excluding steroid dienone is 8. The van der Waals surface area contributed by atoms with Gasteiger partial charge in [-0.2, -0.15) is 0 Å². The topological polar surface area (TPSA) is 8.17 Å². The highest BCUT2D eigenvalue weighted by atomic mass is 15.1. The standard InChI is InChI=1S/C65H52N2/c1-65(2)60-26-16-15-25-57(60)58-41-40-56(44-61(58)65)66(53-34-27-47(28-35-53)45-17-7-3-8-18-45)54-36-31-49(32-37-54)52-33-42-62-59(43-52)63(50-21-11-5-12-22-50)64(51-23-13-6-14-24-51)67(62)55-38-29-48(30-39-55)46-19-9-4-10-20-46/h3-15,17-25,27-38,40-44,55H,16,26,39H2,1-2H3. The van der Waals surface area contributed by atoms with Crippen LogP contribution in [0.3, 0.4) is 0 Å². The molecule has 3 aliphatic rings. The van der Waals surface area contributed by atoms with Crippen molar-refractivity contribution in [1.82, 2.24) is 4.57 Å². The van der Waals surface area contributed by atoms with E-state index in [2.05, 4.69) is 260 Å². The third-order valence-corrected chi connectivity index (χ3v) is 14.5. The fraction of sp³-hybridized carbons (Fsp3) is 0.108. The number of fused-ring (bicyclic) bond motifs is 3. The second-order valence-electron chi connectivity index (χ2n) is 18.7. The maximum absolute atomic E-state index is 2.59. The van der Waals surface area contributed by atoms with Crippen LogP contribution in [0.1, 0.15) is 55.8 Å². The zero-order valence-corrected chi connectivity index (χ0v) is 38.1. The van der Waals surface area contributed by atoms with Crippen LogP contribution in [0.4, 0.5) is 17.1 Å². The van der Waals surface area contributed by atoms with Crippen molar-refractivity contribution in [3.8, 4) is 44.6 Å². The summed E-state index contributed by atoms with van der Waals surface area (Å²) in [5, 5.41) is 1.25. The van der Waals surface area contributed by atoms with Gasteiger partial charge in [-0.3, -0.25) is 0 Å². The van der Waals surface area contributed by atoms with Crippen LogP contribution < -0.4 is 4.90 Å². The smallest absolute Gasteiger partial charge is 0.0576 e. The Kier molecular flexibility index (Phi) is 10.2. The van der Waals surface area contributed by atoms with Crippen molar-refractivity contribution in [2.24, 2.45) is 0 Å². The van der Waals surface area contributed by atoms with Gasteiger partial charge < -0.3 is 9.47 Å². The average molecular weight is 861 g/mol. The number of hydrogen-bond acceptors (Lipinski definition) is 1. The summed E-state index contributed by atoms with van der Waals surface area (Å²) in [4.78, 5) is 2.43. The summed E-state index contributed by atoms with van der Waals surface area (Å²) in [5.41, 5.74) is 22.7. The Bertz CT molecular complexity index is 3400. The number of nitrogens with zero attached hydrogens (tertiary/aromatic N) is 2.